The molecule has 1 amide bonds. The molecule has 0 saturated heterocycles. The second-order valence-electron chi connectivity index (χ2n) is 4.16. The molecule has 118 valence electrons. The largest absolute Gasteiger partial charge is 0.497 e. The van der Waals surface area contributed by atoms with Crippen LogP contribution in [0.2, 0.25) is 0 Å². The van der Waals surface area contributed by atoms with Crippen LogP contribution in [0.5, 0.6) is 11.5 Å². The fraction of sp³-hybridized carbons (Fsp3) is 0.333. The first kappa shape index (κ1) is 17.3. The third-order valence-corrected chi connectivity index (χ3v) is 2.69. The first-order chi connectivity index (χ1) is 10.6. The Kier molecular flexibility index (Phi) is 7.29. The Balaban J connectivity index is 2.79. The van der Waals surface area contributed by atoms with Crippen molar-refractivity contribution in [3.8, 4) is 17.6 Å². The third kappa shape index (κ3) is 5.34. The smallest absolute Gasteiger partial charge is 0.263 e. The van der Waals surface area contributed by atoms with Gasteiger partial charge in [-0.3, -0.25) is 4.79 Å². The van der Waals surface area contributed by atoms with Crippen molar-refractivity contribution in [2.75, 3.05) is 39.8 Å². The summed E-state index contributed by atoms with van der Waals surface area (Å²) in [4.78, 5) is 11.8. The summed E-state index contributed by atoms with van der Waals surface area (Å²) in [6.07, 6.45) is 1.33. The molecular weight excluding hydrogens is 286 g/mol. The second-order valence-corrected chi connectivity index (χ2v) is 4.16. The zero-order valence-corrected chi connectivity index (χ0v) is 12.8. The minimum Gasteiger partial charge on any atom is -0.497 e. The van der Waals surface area contributed by atoms with Crippen molar-refractivity contribution in [3.63, 3.8) is 0 Å². The van der Waals surface area contributed by atoms with Crippen molar-refractivity contribution in [2.24, 2.45) is 0 Å². The molecule has 2 N–H and O–H groups in total. The van der Waals surface area contributed by atoms with E-state index in [1.807, 2.05) is 6.07 Å². The highest BCUT2D eigenvalue weighted by atomic mass is 16.5. The number of anilines is 1. The Labute approximate surface area is 129 Å². The van der Waals surface area contributed by atoms with E-state index < -0.39 is 5.91 Å². The topological polar surface area (TPSA) is 92.6 Å². The Hall–Kier alpha value is -2.72. The molecule has 7 heteroatoms. The Morgan fingerprint density at radius 3 is 2.36 bits per heavy atom. The Morgan fingerprint density at radius 2 is 1.86 bits per heavy atom. The van der Waals surface area contributed by atoms with Crippen molar-refractivity contribution in [2.45, 2.75) is 0 Å². The number of hydrogen-bond donors (Lipinski definition) is 2. The number of hydrogen-bond acceptors (Lipinski definition) is 6. The normalized spacial score (nSPS) is 10.5. The second kappa shape index (κ2) is 9.26. The van der Waals surface area contributed by atoms with Gasteiger partial charge in [0.25, 0.3) is 5.91 Å². The summed E-state index contributed by atoms with van der Waals surface area (Å²) in [5.41, 5.74) is 0.589. The van der Waals surface area contributed by atoms with Crippen LogP contribution in [0, 0.1) is 11.3 Å². The Bertz CT molecular complexity index is 556. The number of benzene rings is 1. The monoisotopic (exact) mass is 305 g/mol. The first-order valence-electron chi connectivity index (χ1n) is 6.51. The lowest BCUT2D eigenvalue weighted by atomic mass is 10.2. The lowest BCUT2D eigenvalue weighted by Gasteiger charge is -2.09. The molecule has 1 rings (SSSR count). The molecule has 0 atom stereocenters. The summed E-state index contributed by atoms with van der Waals surface area (Å²) in [5.74, 6) is 0.721. The predicted octanol–water partition coefficient (Wildman–Crippen LogP) is 1.29. The third-order valence-electron chi connectivity index (χ3n) is 2.69. The number of nitrogens with zero attached hydrogens (tertiary/aromatic N) is 1. The molecule has 0 bridgehead atoms. The zero-order valence-electron chi connectivity index (χ0n) is 12.8. The predicted molar refractivity (Wildman–Crippen MR) is 81.8 cm³/mol. The quantitative estimate of drug-likeness (QED) is 0.427. The molecule has 22 heavy (non-hydrogen) atoms. The van der Waals surface area contributed by atoms with Gasteiger partial charge in [0.05, 0.1) is 20.8 Å². The van der Waals surface area contributed by atoms with E-state index in [1.54, 1.807) is 32.4 Å². The summed E-state index contributed by atoms with van der Waals surface area (Å²) < 4.78 is 15.1. The molecule has 7 nitrogen and oxygen atoms in total. The average molecular weight is 305 g/mol. The summed E-state index contributed by atoms with van der Waals surface area (Å²) in [6, 6.07) is 7.00. The molecule has 1 aromatic carbocycles. The highest BCUT2D eigenvalue weighted by Gasteiger charge is 2.08. The summed E-state index contributed by atoms with van der Waals surface area (Å²) >= 11 is 0. The van der Waals surface area contributed by atoms with Crippen LogP contribution < -0.4 is 20.1 Å². The van der Waals surface area contributed by atoms with Gasteiger partial charge in [0, 0.05) is 43.7 Å². The molecule has 0 unspecified atom stereocenters. The van der Waals surface area contributed by atoms with Gasteiger partial charge < -0.3 is 24.8 Å². The van der Waals surface area contributed by atoms with Gasteiger partial charge in [-0.05, 0) is 0 Å². The van der Waals surface area contributed by atoms with Crippen LogP contribution in [0.3, 0.4) is 0 Å². The van der Waals surface area contributed by atoms with Gasteiger partial charge in [-0.2, -0.15) is 5.26 Å². The van der Waals surface area contributed by atoms with Gasteiger partial charge >= 0.3 is 0 Å². The number of methoxy groups -OCH3 is 3. The summed E-state index contributed by atoms with van der Waals surface area (Å²) in [6.45, 7) is 0.715. The number of carbonyl (C=O) groups excluding carboxylic acids is 1. The number of amides is 1. The van der Waals surface area contributed by atoms with E-state index in [9.17, 15) is 4.79 Å². The molecule has 0 aromatic heterocycles. The van der Waals surface area contributed by atoms with Crippen molar-refractivity contribution in [1.82, 2.24) is 5.32 Å². The van der Waals surface area contributed by atoms with Gasteiger partial charge in [0.2, 0.25) is 0 Å². The SMILES string of the molecule is COCCNC(=O)/C(C#N)=C/Nc1cc(OC)cc(OC)c1. The van der Waals surface area contributed by atoms with Gasteiger partial charge in [-0.1, -0.05) is 0 Å². The van der Waals surface area contributed by atoms with E-state index >= 15 is 0 Å². The molecular formula is C15H19N3O4. The van der Waals surface area contributed by atoms with Crippen LogP contribution in [-0.4, -0.2) is 40.4 Å². The molecule has 0 aliphatic heterocycles. The molecule has 0 aliphatic carbocycles. The summed E-state index contributed by atoms with van der Waals surface area (Å²) in [7, 11) is 4.61. The maximum absolute atomic E-state index is 11.8. The molecule has 0 saturated carbocycles. The highest BCUT2D eigenvalue weighted by molar-refractivity contribution is 5.97. The molecule has 0 radical (unpaired) electrons. The van der Waals surface area contributed by atoms with Crippen LogP contribution in [0.4, 0.5) is 5.69 Å². The Morgan fingerprint density at radius 1 is 1.23 bits per heavy atom. The van der Waals surface area contributed by atoms with Crippen molar-refractivity contribution in [3.05, 3.63) is 30.0 Å². The maximum Gasteiger partial charge on any atom is 0.263 e. The van der Waals surface area contributed by atoms with Gasteiger partial charge in [0.15, 0.2) is 0 Å². The lowest BCUT2D eigenvalue weighted by molar-refractivity contribution is -0.117. The minimum atomic E-state index is -0.470. The van der Waals surface area contributed by atoms with Crippen molar-refractivity contribution >= 4 is 11.6 Å². The van der Waals surface area contributed by atoms with Crippen molar-refractivity contribution < 1.29 is 19.0 Å². The van der Waals surface area contributed by atoms with Crippen LogP contribution in [0.1, 0.15) is 0 Å². The fourth-order valence-corrected chi connectivity index (χ4v) is 1.56. The average Bonchev–Trinajstić information content (AvgIpc) is 2.55. The number of nitriles is 1. The zero-order chi connectivity index (χ0) is 16.4. The van der Waals surface area contributed by atoms with Gasteiger partial charge in [-0.15, -0.1) is 0 Å². The number of rotatable bonds is 8. The van der Waals surface area contributed by atoms with E-state index in [0.717, 1.165) is 0 Å². The van der Waals surface area contributed by atoms with E-state index in [4.69, 9.17) is 19.5 Å². The first-order valence-corrected chi connectivity index (χ1v) is 6.51. The molecule has 0 heterocycles. The van der Waals surface area contributed by atoms with Crippen LogP contribution >= 0.6 is 0 Å². The number of nitrogens with one attached hydrogen (secondary N) is 2. The highest BCUT2D eigenvalue weighted by Crippen LogP contribution is 2.25. The van der Waals surface area contributed by atoms with Gasteiger partial charge in [0.1, 0.15) is 23.1 Å². The molecule has 1 aromatic rings. The van der Waals surface area contributed by atoms with Gasteiger partial charge in [-0.25, -0.2) is 0 Å². The van der Waals surface area contributed by atoms with Crippen LogP contribution in [-0.2, 0) is 9.53 Å². The fourth-order valence-electron chi connectivity index (χ4n) is 1.56. The number of ether oxygens (including phenoxy) is 3. The van der Waals surface area contributed by atoms with Crippen molar-refractivity contribution in [1.29, 1.82) is 5.26 Å². The molecule has 0 aliphatic rings. The molecule has 0 fully saturated rings. The minimum absolute atomic E-state index is 0.0436. The van der Waals surface area contributed by atoms with Crippen LogP contribution in [0.15, 0.2) is 30.0 Å². The van der Waals surface area contributed by atoms with E-state index in [1.165, 1.54) is 13.3 Å². The molecule has 0 spiro atoms. The maximum atomic E-state index is 11.8. The number of carbonyl (C=O) groups is 1. The lowest BCUT2D eigenvalue weighted by Crippen LogP contribution is -2.28. The standard InChI is InChI=1S/C15H19N3O4/c1-20-5-4-17-15(19)11(9-16)10-18-12-6-13(21-2)8-14(7-12)22-3/h6-8,10,18H,4-5H2,1-3H3,(H,17,19)/b11-10+. The van der Waals surface area contributed by atoms with E-state index in [-0.39, 0.29) is 5.57 Å². The van der Waals surface area contributed by atoms with E-state index in [2.05, 4.69) is 10.6 Å². The van der Waals surface area contributed by atoms with E-state index in [0.29, 0.717) is 30.3 Å². The van der Waals surface area contributed by atoms with Crippen LogP contribution in [0.25, 0.3) is 0 Å². The summed E-state index contributed by atoms with van der Waals surface area (Å²) in [5, 5.41) is 14.5.